The van der Waals surface area contributed by atoms with Gasteiger partial charge in [0.2, 0.25) is 5.91 Å². The first kappa shape index (κ1) is 12.2. The average Bonchev–Trinajstić information content (AvgIpc) is 2.03. The lowest BCUT2D eigenvalue weighted by Gasteiger charge is -2.17. The summed E-state index contributed by atoms with van der Waals surface area (Å²) in [6.07, 6.45) is 4.23. The average molecular weight is 184 g/mol. The van der Waals surface area contributed by atoms with Crippen LogP contribution in [-0.2, 0) is 4.79 Å². The molecule has 0 aromatic heterocycles. The molecule has 0 rings (SSSR count). The molecule has 3 heteroatoms. The minimum atomic E-state index is -0.0469. The lowest BCUT2D eigenvalue weighted by atomic mass is 10.2. The molecule has 1 amide bonds. The predicted molar refractivity (Wildman–Crippen MR) is 55.3 cm³/mol. The summed E-state index contributed by atoms with van der Waals surface area (Å²) in [6.45, 7) is 6.26. The van der Waals surface area contributed by atoms with E-state index in [4.69, 9.17) is 5.73 Å². The third-order valence-corrected chi connectivity index (χ3v) is 1.82. The van der Waals surface area contributed by atoms with E-state index in [0.717, 1.165) is 19.4 Å². The molecule has 0 radical (unpaired) electrons. The summed E-state index contributed by atoms with van der Waals surface area (Å²) in [6, 6.07) is -0.0469. The molecule has 0 aliphatic rings. The lowest BCUT2D eigenvalue weighted by molar-refractivity contribution is -0.130. The number of carbonyl (C=O) groups is 1. The van der Waals surface area contributed by atoms with Crippen molar-refractivity contribution >= 4 is 5.91 Å². The monoisotopic (exact) mass is 184 g/mol. The summed E-state index contributed by atoms with van der Waals surface area (Å²) in [5, 5.41) is 0. The van der Waals surface area contributed by atoms with Crippen LogP contribution in [0.25, 0.3) is 0 Å². The molecule has 0 heterocycles. The summed E-state index contributed by atoms with van der Waals surface area (Å²) in [7, 11) is 1.81. The van der Waals surface area contributed by atoms with Gasteiger partial charge in [0.15, 0.2) is 0 Å². The summed E-state index contributed by atoms with van der Waals surface area (Å²) < 4.78 is 0. The molecule has 0 aliphatic heterocycles. The Bertz CT molecular complexity index is 166. The highest BCUT2D eigenvalue weighted by molar-refractivity contribution is 5.76. The van der Waals surface area contributed by atoms with Gasteiger partial charge in [-0.05, 0) is 19.8 Å². The number of hydrogen-bond acceptors (Lipinski definition) is 2. The molecule has 76 valence electrons. The van der Waals surface area contributed by atoms with E-state index in [1.807, 2.05) is 20.0 Å². The zero-order valence-electron chi connectivity index (χ0n) is 8.62. The smallest absolute Gasteiger partial charge is 0.223 e. The standard InChI is InChI=1S/C10H20N2O/c1-4-5-6-7-12(3)10(13)8-9(2)11/h4,9H,1,5-8,11H2,2-3H3. The molecule has 0 saturated carbocycles. The second kappa shape index (κ2) is 6.66. The maximum absolute atomic E-state index is 11.4. The molecule has 0 fully saturated rings. The van der Waals surface area contributed by atoms with Gasteiger partial charge < -0.3 is 10.6 Å². The Morgan fingerprint density at radius 2 is 2.31 bits per heavy atom. The van der Waals surface area contributed by atoms with Crippen molar-refractivity contribution in [1.29, 1.82) is 0 Å². The fraction of sp³-hybridized carbons (Fsp3) is 0.700. The van der Waals surface area contributed by atoms with Crippen LogP contribution in [0.3, 0.4) is 0 Å². The molecule has 0 bridgehead atoms. The van der Waals surface area contributed by atoms with Gasteiger partial charge in [-0.1, -0.05) is 6.08 Å². The lowest BCUT2D eigenvalue weighted by Crippen LogP contribution is -2.32. The Morgan fingerprint density at radius 1 is 1.69 bits per heavy atom. The maximum atomic E-state index is 11.4. The van der Waals surface area contributed by atoms with Crippen molar-refractivity contribution in [3.8, 4) is 0 Å². The SMILES string of the molecule is C=CCCCN(C)C(=O)CC(C)N. The second-order valence-corrected chi connectivity index (χ2v) is 3.43. The van der Waals surface area contributed by atoms with E-state index in [1.54, 1.807) is 4.90 Å². The number of amides is 1. The quantitative estimate of drug-likeness (QED) is 0.497. The van der Waals surface area contributed by atoms with E-state index in [1.165, 1.54) is 0 Å². The molecule has 2 N–H and O–H groups in total. The van der Waals surface area contributed by atoms with Crippen molar-refractivity contribution in [2.75, 3.05) is 13.6 Å². The molecule has 13 heavy (non-hydrogen) atoms. The molecule has 0 saturated heterocycles. The highest BCUT2D eigenvalue weighted by Gasteiger charge is 2.09. The normalized spacial score (nSPS) is 12.2. The van der Waals surface area contributed by atoms with Crippen molar-refractivity contribution in [2.45, 2.75) is 32.2 Å². The summed E-state index contributed by atoms with van der Waals surface area (Å²) in [5.74, 6) is 0.124. The van der Waals surface area contributed by atoms with Gasteiger partial charge in [0, 0.05) is 26.1 Å². The molecule has 0 aromatic rings. The van der Waals surface area contributed by atoms with Crippen LogP contribution >= 0.6 is 0 Å². The van der Waals surface area contributed by atoms with E-state index in [-0.39, 0.29) is 11.9 Å². The predicted octanol–water partition coefficient (Wildman–Crippen LogP) is 1.15. The first-order valence-electron chi connectivity index (χ1n) is 4.68. The van der Waals surface area contributed by atoms with Crippen molar-refractivity contribution in [1.82, 2.24) is 4.90 Å². The molecule has 1 unspecified atom stereocenters. The fourth-order valence-electron chi connectivity index (χ4n) is 1.03. The molecule has 0 aliphatic carbocycles. The number of carbonyl (C=O) groups excluding carboxylic acids is 1. The van der Waals surface area contributed by atoms with Crippen LogP contribution < -0.4 is 5.73 Å². The summed E-state index contributed by atoms with van der Waals surface area (Å²) in [5.41, 5.74) is 5.52. The molecule has 0 aromatic carbocycles. The van der Waals surface area contributed by atoms with Crippen LogP contribution in [-0.4, -0.2) is 30.4 Å². The Morgan fingerprint density at radius 3 is 2.77 bits per heavy atom. The third-order valence-electron chi connectivity index (χ3n) is 1.82. The fourth-order valence-corrected chi connectivity index (χ4v) is 1.03. The van der Waals surface area contributed by atoms with Gasteiger partial charge >= 0.3 is 0 Å². The van der Waals surface area contributed by atoms with Gasteiger partial charge in [-0.15, -0.1) is 6.58 Å². The van der Waals surface area contributed by atoms with E-state index in [0.29, 0.717) is 6.42 Å². The van der Waals surface area contributed by atoms with Crippen LogP contribution in [0.4, 0.5) is 0 Å². The van der Waals surface area contributed by atoms with Crippen molar-refractivity contribution in [3.05, 3.63) is 12.7 Å². The molecule has 1 atom stereocenters. The second-order valence-electron chi connectivity index (χ2n) is 3.43. The third kappa shape index (κ3) is 6.34. The Labute approximate surface area is 80.6 Å². The topological polar surface area (TPSA) is 46.3 Å². The number of nitrogens with zero attached hydrogens (tertiary/aromatic N) is 1. The Balaban J connectivity index is 3.62. The zero-order valence-corrected chi connectivity index (χ0v) is 8.62. The number of allylic oxidation sites excluding steroid dienone is 1. The highest BCUT2D eigenvalue weighted by Crippen LogP contribution is 1.98. The molecule has 0 spiro atoms. The zero-order chi connectivity index (χ0) is 10.3. The summed E-state index contributed by atoms with van der Waals surface area (Å²) in [4.78, 5) is 13.1. The van der Waals surface area contributed by atoms with Gasteiger partial charge in [0.25, 0.3) is 0 Å². The van der Waals surface area contributed by atoms with Crippen LogP contribution in [0.2, 0.25) is 0 Å². The number of rotatable bonds is 6. The van der Waals surface area contributed by atoms with Crippen LogP contribution in [0.1, 0.15) is 26.2 Å². The van der Waals surface area contributed by atoms with E-state index >= 15 is 0 Å². The van der Waals surface area contributed by atoms with Gasteiger partial charge in [-0.2, -0.15) is 0 Å². The minimum Gasteiger partial charge on any atom is -0.346 e. The van der Waals surface area contributed by atoms with E-state index in [2.05, 4.69) is 6.58 Å². The van der Waals surface area contributed by atoms with Gasteiger partial charge in [0.1, 0.15) is 0 Å². The largest absolute Gasteiger partial charge is 0.346 e. The van der Waals surface area contributed by atoms with E-state index in [9.17, 15) is 4.79 Å². The highest BCUT2D eigenvalue weighted by atomic mass is 16.2. The van der Waals surface area contributed by atoms with Crippen LogP contribution in [0, 0.1) is 0 Å². The number of nitrogens with two attached hydrogens (primary N) is 1. The number of unbranched alkanes of at least 4 members (excludes halogenated alkanes) is 1. The first-order valence-corrected chi connectivity index (χ1v) is 4.68. The van der Waals surface area contributed by atoms with Gasteiger partial charge in [-0.25, -0.2) is 0 Å². The van der Waals surface area contributed by atoms with E-state index < -0.39 is 0 Å². The van der Waals surface area contributed by atoms with Crippen molar-refractivity contribution < 1.29 is 4.79 Å². The van der Waals surface area contributed by atoms with Crippen LogP contribution in [0.5, 0.6) is 0 Å². The van der Waals surface area contributed by atoms with Crippen LogP contribution in [0.15, 0.2) is 12.7 Å². The first-order chi connectivity index (χ1) is 6.07. The van der Waals surface area contributed by atoms with Crippen molar-refractivity contribution in [2.24, 2.45) is 5.73 Å². The Kier molecular flexibility index (Phi) is 6.24. The molecular formula is C10H20N2O. The van der Waals surface area contributed by atoms with Crippen molar-refractivity contribution in [3.63, 3.8) is 0 Å². The van der Waals surface area contributed by atoms with Gasteiger partial charge in [-0.3, -0.25) is 4.79 Å². The summed E-state index contributed by atoms with van der Waals surface area (Å²) >= 11 is 0. The molecule has 3 nitrogen and oxygen atoms in total. The maximum Gasteiger partial charge on any atom is 0.223 e. The van der Waals surface area contributed by atoms with Gasteiger partial charge in [0.05, 0.1) is 0 Å². The molecular weight excluding hydrogens is 164 g/mol. The number of hydrogen-bond donors (Lipinski definition) is 1. The Hall–Kier alpha value is -0.830. The minimum absolute atomic E-state index is 0.0469.